The summed E-state index contributed by atoms with van der Waals surface area (Å²) in [5, 5.41) is -0.432. The highest BCUT2D eigenvalue weighted by molar-refractivity contribution is 6.21. The van der Waals surface area contributed by atoms with Gasteiger partial charge in [0.1, 0.15) is 11.5 Å². The van der Waals surface area contributed by atoms with Crippen LogP contribution in [0.1, 0.15) is 28.0 Å². The third kappa shape index (κ3) is 2.56. The van der Waals surface area contributed by atoms with Crippen LogP contribution < -0.4 is 0 Å². The summed E-state index contributed by atoms with van der Waals surface area (Å²) in [4.78, 5) is 0. The third-order valence-corrected chi connectivity index (χ3v) is 3.24. The predicted octanol–water partition coefficient (Wildman–Crippen LogP) is 4.70. The van der Waals surface area contributed by atoms with E-state index in [1.54, 1.807) is 6.92 Å². The molecule has 1 atom stereocenters. The first-order valence-electron chi connectivity index (χ1n) is 5.63. The van der Waals surface area contributed by atoms with Crippen LogP contribution >= 0.6 is 11.6 Å². The quantitative estimate of drug-likeness (QED) is 0.737. The fourth-order valence-electron chi connectivity index (χ4n) is 1.97. The molecule has 0 aliphatic heterocycles. The molecule has 1 unspecified atom stereocenters. The van der Waals surface area contributed by atoms with Crippen molar-refractivity contribution in [2.45, 2.75) is 25.6 Å². The molecule has 4 heteroatoms. The number of rotatable bonds is 3. The molecule has 1 heterocycles. The van der Waals surface area contributed by atoms with Crippen molar-refractivity contribution in [3.63, 3.8) is 0 Å². The van der Waals surface area contributed by atoms with E-state index in [-0.39, 0.29) is 12.0 Å². The second-order valence-corrected chi connectivity index (χ2v) is 4.78. The molecule has 0 spiro atoms. The molecule has 0 amide bonds. The van der Waals surface area contributed by atoms with Gasteiger partial charge in [0, 0.05) is 5.56 Å². The van der Waals surface area contributed by atoms with E-state index in [2.05, 4.69) is 0 Å². The molecule has 0 aliphatic rings. The number of hydrogen-bond acceptors (Lipinski definition) is 1. The van der Waals surface area contributed by atoms with Crippen LogP contribution in [0.25, 0.3) is 0 Å². The van der Waals surface area contributed by atoms with Gasteiger partial charge < -0.3 is 4.42 Å². The van der Waals surface area contributed by atoms with E-state index in [1.807, 2.05) is 13.0 Å². The van der Waals surface area contributed by atoms with Crippen molar-refractivity contribution in [1.82, 2.24) is 0 Å². The highest BCUT2D eigenvalue weighted by Crippen LogP contribution is 2.30. The van der Waals surface area contributed by atoms with Crippen molar-refractivity contribution in [1.29, 1.82) is 0 Å². The maximum absolute atomic E-state index is 13.5. The predicted molar refractivity (Wildman–Crippen MR) is 66.8 cm³/mol. The standard InChI is InChI=1S/C14H13ClF2O/c1-8-6-11(9(2)18-8)12(15)7-10-4-3-5-13(16)14(10)17/h3-6,12H,7H2,1-2H3. The molecular formula is C14H13ClF2O. The maximum atomic E-state index is 13.5. The smallest absolute Gasteiger partial charge is 0.162 e. The molecular weight excluding hydrogens is 258 g/mol. The zero-order chi connectivity index (χ0) is 13.3. The summed E-state index contributed by atoms with van der Waals surface area (Å²) in [5.41, 5.74) is 1.09. The van der Waals surface area contributed by atoms with E-state index < -0.39 is 17.0 Å². The highest BCUT2D eigenvalue weighted by Gasteiger charge is 2.18. The number of hydrogen-bond donors (Lipinski definition) is 0. The van der Waals surface area contributed by atoms with Gasteiger partial charge in [-0.1, -0.05) is 12.1 Å². The molecule has 0 N–H and O–H groups in total. The van der Waals surface area contributed by atoms with Crippen LogP contribution in [-0.2, 0) is 6.42 Å². The molecule has 2 aromatic rings. The van der Waals surface area contributed by atoms with Crippen LogP contribution in [-0.4, -0.2) is 0 Å². The Labute approximate surface area is 109 Å². The van der Waals surface area contributed by atoms with Gasteiger partial charge in [0.2, 0.25) is 0 Å². The normalized spacial score (nSPS) is 12.7. The van der Waals surface area contributed by atoms with Gasteiger partial charge >= 0.3 is 0 Å². The molecule has 1 nitrogen and oxygen atoms in total. The zero-order valence-corrected chi connectivity index (χ0v) is 10.9. The SMILES string of the molecule is Cc1cc(C(Cl)Cc2cccc(F)c2F)c(C)o1. The molecule has 1 aromatic carbocycles. The molecule has 0 fully saturated rings. The molecule has 18 heavy (non-hydrogen) atoms. The second-order valence-electron chi connectivity index (χ2n) is 4.25. The number of aryl methyl sites for hydroxylation is 2. The Morgan fingerprint density at radius 1 is 1.28 bits per heavy atom. The minimum atomic E-state index is -0.850. The van der Waals surface area contributed by atoms with Gasteiger partial charge in [0.15, 0.2) is 11.6 Å². The highest BCUT2D eigenvalue weighted by atomic mass is 35.5. The monoisotopic (exact) mass is 270 g/mol. The number of benzene rings is 1. The summed E-state index contributed by atoms with van der Waals surface area (Å²) in [5.74, 6) is -0.213. The minimum Gasteiger partial charge on any atom is -0.466 e. The van der Waals surface area contributed by atoms with Crippen LogP contribution in [0.5, 0.6) is 0 Å². The number of alkyl halides is 1. The molecule has 1 aromatic heterocycles. The van der Waals surface area contributed by atoms with Crippen LogP contribution in [0.4, 0.5) is 8.78 Å². The van der Waals surface area contributed by atoms with Gasteiger partial charge in [-0.15, -0.1) is 11.6 Å². The lowest BCUT2D eigenvalue weighted by Gasteiger charge is -2.09. The van der Waals surface area contributed by atoms with Crippen molar-refractivity contribution >= 4 is 11.6 Å². The lowest BCUT2D eigenvalue weighted by Crippen LogP contribution is -2.00. The molecule has 2 rings (SSSR count). The first-order chi connectivity index (χ1) is 8.49. The molecule has 0 radical (unpaired) electrons. The average Bonchev–Trinajstić information content (AvgIpc) is 2.64. The van der Waals surface area contributed by atoms with Crippen molar-refractivity contribution < 1.29 is 13.2 Å². The van der Waals surface area contributed by atoms with Crippen molar-refractivity contribution in [2.24, 2.45) is 0 Å². The third-order valence-electron chi connectivity index (χ3n) is 2.85. The first-order valence-corrected chi connectivity index (χ1v) is 6.06. The van der Waals surface area contributed by atoms with E-state index in [9.17, 15) is 8.78 Å². The average molecular weight is 271 g/mol. The molecule has 0 bridgehead atoms. The van der Waals surface area contributed by atoms with Crippen LogP contribution in [0.15, 0.2) is 28.7 Å². The number of furan rings is 1. The van der Waals surface area contributed by atoms with E-state index >= 15 is 0 Å². The Hall–Kier alpha value is -1.35. The van der Waals surface area contributed by atoms with Crippen molar-refractivity contribution in [2.75, 3.05) is 0 Å². The second kappa shape index (κ2) is 5.11. The van der Waals surface area contributed by atoms with Crippen LogP contribution in [0.3, 0.4) is 0 Å². The van der Waals surface area contributed by atoms with Crippen molar-refractivity contribution in [3.05, 3.63) is 58.5 Å². The maximum Gasteiger partial charge on any atom is 0.162 e. The van der Waals surface area contributed by atoms with Gasteiger partial charge in [-0.2, -0.15) is 0 Å². The Morgan fingerprint density at radius 2 is 2.00 bits per heavy atom. The summed E-state index contributed by atoms with van der Waals surface area (Å²) in [6.07, 6.45) is 0.227. The van der Waals surface area contributed by atoms with Crippen LogP contribution in [0.2, 0.25) is 0 Å². The summed E-state index contributed by atoms with van der Waals surface area (Å²) < 4.78 is 32.0. The lowest BCUT2D eigenvalue weighted by molar-refractivity contribution is 0.494. The lowest BCUT2D eigenvalue weighted by atomic mass is 10.0. The summed E-state index contributed by atoms with van der Waals surface area (Å²) in [6.45, 7) is 3.63. The van der Waals surface area contributed by atoms with Gasteiger partial charge in [0.25, 0.3) is 0 Å². The van der Waals surface area contributed by atoms with Gasteiger partial charge in [-0.3, -0.25) is 0 Å². The summed E-state index contributed by atoms with van der Waals surface area (Å²) >= 11 is 6.23. The van der Waals surface area contributed by atoms with Gasteiger partial charge in [-0.25, -0.2) is 8.78 Å². The molecule has 0 saturated carbocycles. The van der Waals surface area contributed by atoms with E-state index in [1.165, 1.54) is 12.1 Å². The van der Waals surface area contributed by atoms with E-state index in [0.717, 1.165) is 17.4 Å². The largest absolute Gasteiger partial charge is 0.466 e. The molecule has 0 saturated heterocycles. The van der Waals surface area contributed by atoms with Crippen molar-refractivity contribution in [3.8, 4) is 0 Å². The first kappa shape index (κ1) is 13.1. The summed E-state index contributed by atoms with van der Waals surface area (Å²) in [6, 6.07) is 5.93. The van der Waals surface area contributed by atoms with E-state index in [4.69, 9.17) is 16.0 Å². The van der Waals surface area contributed by atoms with Crippen LogP contribution in [0, 0.1) is 25.5 Å². The van der Waals surface area contributed by atoms with E-state index in [0.29, 0.717) is 5.76 Å². The van der Waals surface area contributed by atoms with Gasteiger partial charge in [-0.05, 0) is 38.0 Å². The molecule has 96 valence electrons. The fraction of sp³-hybridized carbons (Fsp3) is 0.286. The Balaban J connectivity index is 2.24. The fourth-order valence-corrected chi connectivity index (χ4v) is 2.35. The Bertz CT molecular complexity index is 563. The zero-order valence-electron chi connectivity index (χ0n) is 10.1. The number of halogens is 3. The topological polar surface area (TPSA) is 13.1 Å². The Morgan fingerprint density at radius 3 is 2.61 bits per heavy atom. The molecule has 0 aliphatic carbocycles. The van der Waals surface area contributed by atoms with Gasteiger partial charge in [0.05, 0.1) is 5.38 Å². The minimum absolute atomic E-state index is 0.227. The Kier molecular flexibility index (Phi) is 3.71. The summed E-state index contributed by atoms with van der Waals surface area (Å²) in [7, 11) is 0.